The number of benzene rings is 3. The highest BCUT2D eigenvalue weighted by molar-refractivity contribution is 5.89. The Bertz CT molecular complexity index is 1180. The summed E-state index contributed by atoms with van der Waals surface area (Å²) in [6.45, 7) is 2.60. The topological polar surface area (TPSA) is 73.4 Å². The van der Waals surface area contributed by atoms with Crippen LogP contribution < -0.4 is 9.47 Å². The van der Waals surface area contributed by atoms with Crippen LogP contribution in [0.15, 0.2) is 79.0 Å². The van der Waals surface area contributed by atoms with E-state index in [9.17, 15) is 4.79 Å². The number of aromatic amines is 1. The van der Waals surface area contributed by atoms with Gasteiger partial charge in [-0.1, -0.05) is 42.5 Å². The number of rotatable bonds is 8. The minimum atomic E-state index is -0.333. The maximum absolute atomic E-state index is 11.8. The second-order valence-corrected chi connectivity index (χ2v) is 7.08. The number of ether oxygens (including phenoxy) is 3. The highest BCUT2D eigenvalue weighted by Crippen LogP contribution is 2.33. The number of carbonyl (C=O) groups excluding carboxylic acids is 1. The molecule has 6 heteroatoms. The van der Waals surface area contributed by atoms with Crippen molar-refractivity contribution in [2.24, 2.45) is 0 Å². The highest BCUT2D eigenvalue weighted by Gasteiger charge is 2.12. The molecule has 1 heterocycles. The highest BCUT2D eigenvalue weighted by atomic mass is 16.5. The Morgan fingerprint density at radius 1 is 0.938 bits per heavy atom. The Labute approximate surface area is 186 Å². The first-order valence-electron chi connectivity index (χ1n) is 10.4. The maximum Gasteiger partial charge on any atom is 0.338 e. The van der Waals surface area contributed by atoms with Crippen LogP contribution in [0.4, 0.5) is 0 Å². The molecule has 6 nitrogen and oxygen atoms in total. The fourth-order valence-electron chi connectivity index (χ4n) is 3.28. The minimum Gasteiger partial charge on any atom is -0.493 e. The van der Waals surface area contributed by atoms with Crippen LogP contribution in [-0.2, 0) is 11.3 Å². The molecule has 0 aliphatic heterocycles. The summed E-state index contributed by atoms with van der Waals surface area (Å²) in [7, 11) is 1.62. The third-order valence-corrected chi connectivity index (χ3v) is 4.96. The predicted octanol–water partition coefficient (Wildman–Crippen LogP) is 5.51. The molecule has 0 saturated carbocycles. The Morgan fingerprint density at radius 3 is 2.41 bits per heavy atom. The third-order valence-electron chi connectivity index (χ3n) is 4.96. The molecule has 3 aromatic carbocycles. The minimum absolute atomic E-state index is 0.333. The first kappa shape index (κ1) is 21.2. The molecule has 1 aromatic heterocycles. The van der Waals surface area contributed by atoms with E-state index in [0.29, 0.717) is 36.1 Å². The second-order valence-electron chi connectivity index (χ2n) is 7.08. The molecule has 0 radical (unpaired) electrons. The van der Waals surface area contributed by atoms with Gasteiger partial charge in [-0.2, -0.15) is 0 Å². The van der Waals surface area contributed by atoms with Gasteiger partial charge in [-0.3, -0.25) is 0 Å². The number of nitrogens with one attached hydrogen (secondary N) is 1. The summed E-state index contributed by atoms with van der Waals surface area (Å²) < 4.78 is 16.5. The van der Waals surface area contributed by atoms with Gasteiger partial charge >= 0.3 is 5.97 Å². The number of imidazole rings is 1. The zero-order valence-electron chi connectivity index (χ0n) is 18.0. The molecule has 4 aromatic rings. The number of esters is 1. The summed E-state index contributed by atoms with van der Waals surface area (Å²) in [5.74, 6) is 1.70. The normalized spacial score (nSPS) is 10.6. The van der Waals surface area contributed by atoms with Gasteiger partial charge < -0.3 is 19.2 Å². The first-order chi connectivity index (χ1) is 15.7. The van der Waals surface area contributed by atoms with Gasteiger partial charge in [0.05, 0.1) is 31.2 Å². The molecule has 0 unspecified atom stereocenters. The lowest BCUT2D eigenvalue weighted by molar-refractivity contribution is 0.0526. The SMILES string of the molecule is CCOC(=O)c1ccc(-c2ncc(-c3ccc(OCc4ccccc4)c(OC)c3)[nH]2)cc1. The zero-order valence-corrected chi connectivity index (χ0v) is 18.0. The van der Waals surface area contributed by atoms with Crippen LogP contribution in [0.2, 0.25) is 0 Å². The van der Waals surface area contributed by atoms with E-state index in [1.54, 1.807) is 32.4 Å². The Morgan fingerprint density at radius 2 is 1.69 bits per heavy atom. The van der Waals surface area contributed by atoms with Gasteiger partial charge in [0.25, 0.3) is 0 Å². The molecule has 162 valence electrons. The average molecular weight is 428 g/mol. The quantitative estimate of drug-likeness (QED) is 0.375. The standard InChI is InChI=1S/C26H24N2O4/c1-3-31-26(29)20-11-9-19(10-12-20)25-27-16-22(28-25)21-13-14-23(24(15-21)30-2)32-17-18-7-5-4-6-8-18/h4-16H,3,17H2,1-2H3,(H,27,28). The van der Waals surface area contributed by atoms with Crippen LogP contribution in [0, 0.1) is 0 Å². The molecule has 0 saturated heterocycles. The van der Waals surface area contributed by atoms with E-state index in [1.807, 2.05) is 60.7 Å². The van der Waals surface area contributed by atoms with Gasteiger partial charge in [0.2, 0.25) is 0 Å². The number of aromatic nitrogens is 2. The lowest BCUT2D eigenvalue weighted by Crippen LogP contribution is -2.04. The van der Waals surface area contributed by atoms with Crippen LogP contribution in [0.3, 0.4) is 0 Å². The summed E-state index contributed by atoms with van der Waals surface area (Å²) in [5, 5.41) is 0. The monoisotopic (exact) mass is 428 g/mol. The molecule has 32 heavy (non-hydrogen) atoms. The molecule has 0 spiro atoms. The maximum atomic E-state index is 11.8. The van der Waals surface area contributed by atoms with E-state index in [0.717, 1.165) is 22.4 Å². The Hall–Kier alpha value is -4.06. The number of hydrogen-bond donors (Lipinski definition) is 1. The van der Waals surface area contributed by atoms with Crippen LogP contribution >= 0.6 is 0 Å². The van der Waals surface area contributed by atoms with E-state index in [4.69, 9.17) is 14.2 Å². The molecule has 0 amide bonds. The van der Waals surface area contributed by atoms with Gasteiger partial charge in [0, 0.05) is 11.1 Å². The lowest BCUT2D eigenvalue weighted by atomic mass is 10.1. The van der Waals surface area contributed by atoms with Gasteiger partial charge in [-0.15, -0.1) is 0 Å². The van der Waals surface area contributed by atoms with Gasteiger partial charge in [0.1, 0.15) is 12.4 Å². The van der Waals surface area contributed by atoms with E-state index in [1.165, 1.54) is 0 Å². The molecular weight excluding hydrogens is 404 g/mol. The predicted molar refractivity (Wildman–Crippen MR) is 123 cm³/mol. The molecule has 0 aliphatic carbocycles. The molecular formula is C26H24N2O4. The molecule has 0 aliphatic rings. The molecule has 1 N–H and O–H groups in total. The summed E-state index contributed by atoms with van der Waals surface area (Å²) in [5.41, 5.74) is 4.25. The van der Waals surface area contributed by atoms with Crippen molar-refractivity contribution in [1.82, 2.24) is 9.97 Å². The van der Waals surface area contributed by atoms with Gasteiger partial charge in [-0.25, -0.2) is 9.78 Å². The molecule has 0 fully saturated rings. The smallest absolute Gasteiger partial charge is 0.338 e. The van der Waals surface area contributed by atoms with E-state index in [-0.39, 0.29) is 5.97 Å². The van der Waals surface area contributed by atoms with Crippen LogP contribution in [0.25, 0.3) is 22.6 Å². The summed E-state index contributed by atoms with van der Waals surface area (Å²) >= 11 is 0. The number of methoxy groups -OCH3 is 1. The van der Waals surface area contributed by atoms with Crippen molar-refractivity contribution in [3.05, 3.63) is 90.1 Å². The number of nitrogens with zero attached hydrogens (tertiary/aromatic N) is 1. The molecule has 0 atom stereocenters. The van der Waals surface area contributed by atoms with Gasteiger partial charge in [0.15, 0.2) is 11.5 Å². The average Bonchev–Trinajstić information content (AvgIpc) is 3.34. The van der Waals surface area contributed by atoms with Gasteiger partial charge in [-0.05, 0) is 42.8 Å². The summed E-state index contributed by atoms with van der Waals surface area (Å²) in [4.78, 5) is 19.6. The zero-order chi connectivity index (χ0) is 22.3. The third kappa shape index (κ3) is 4.81. The number of carbonyl (C=O) groups is 1. The fourth-order valence-corrected chi connectivity index (χ4v) is 3.28. The number of H-pyrrole nitrogens is 1. The molecule has 4 rings (SSSR count). The largest absolute Gasteiger partial charge is 0.493 e. The van der Waals surface area contributed by atoms with E-state index < -0.39 is 0 Å². The van der Waals surface area contributed by atoms with Crippen LogP contribution in [0.5, 0.6) is 11.5 Å². The van der Waals surface area contributed by atoms with Crippen molar-refractivity contribution < 1.29 is 19.0 Å². The Balaban J connectivity index is 1.50. The molecule has 0 bridgehead atoms. The van der Waals surface area contributed by atoms with Crippen molar-refractivity contribution in [2.45, 2.75) is 13.5 Å². The van der Waals surface area contributed by atoms with Crippen molar-refractivity contribution in [2.75, 3.05) is 13.7 Å². The summed E-state index contributed by atoms with van der Waals surface area (Å²) in [6, 6.07) is 22.9. The van der Waals surface area contributed by atoms with E-state index in [2.05, 4.69) is 9.97 Å². The van der Waals surface area contributed by atoms with Crippen molar-refractivity contribution >= 4 is 5.97 Å². The van der Waals surface area contributed by atoms with Crippen LogP contribution in [-0.4, -0.2) is 29.7 Å². The van der Waals surface area contributed by atoms with E-state index >= 15 is 0 Å². The second kappa shape index (κ2) is 9.83. The fraction of sp³-hybridized carbons (Fsp3) is 0.154. The van der Waals surface area contributed by atoms with Crippen molar-refractivity contribution in [3.8, 4) is 34.1 Å². The van der Waals surface area contributed by atoms with Crippen molar-refractivity contribution in [1.29, 1.82) is 0 Å². The Kier molecular flexibility index (Phi) is 6.51. The lowest BCUT2D eigenvalue weighted by Gasteiger charge is -2.12. The van der Waals surface area contributed by atoms with Crippen molar-refractivity contribution in [3.63, 3.8) is 0 Å². The summed E-state index contributed by atoms with van der Waals surface area (Å²) in [6.07, 6.45) is 1.77. The first-order valence-corrected chi connectivity index (χ1v) is 10.4. The number of hydrogen-bond acceptors (Lipinski definition) is 5. The van der Waals surface area contributed by atoms with Crippen LogP contribution in [0.1, 0.15) is 22.8 Å².